The van der Waals surface area contributed by atoms with Crippen molar-refractivity contribution in [3.63, 3.8) is 0 Å². The number of benzene rings is 2. The zero-order chi connectivity index (χ0) is 20.8. The van der Waals surface area contributed by atoms with Crippen LogP contribution < -0.4 is 15.0 Å². The lowest BCUT2D eigenvalue weighted by Crippen LogP contribution is -2.46. The van der Waals surface area contributed by atoms with Crippen LogP contribution in [0.1, 0.15) is 23.2 Å². The predicted molar refractivity (Wildman–Crippen MR) is 123 cm³/mol. The number of fused-ring (bicyclic) bond motifs is 1. The van der Waals surface area contributed by atoms with Crippen LogP contribution in [0, 0.1) is 0 Å². The second-order valence-corrected chi connectivity index (χ2v) is 8.33. The van der Waals surface area contributed by atoms with Crippen molar-refractivity contribution in [1.82, 2.24) is 14.6 Å². The van der Waals surface area contributed by atoms with Crippen LogP contribution in [0.15, 0.2) is 48.5 Å². The summed E-state index contributed by atoms with van der Waals surface area (Å²) >= 11 is 1.58. The second kappa shape index (κ2) is 9.91. The van der Waals surface area contributed by atoms with E-state index in [0.717, 1.165) is 57.1 Å². The number of carbonyl (C=O) groups excluding carboxylic acids is 1. The molecule has 0 radical (unpaired) electrons. The number of carbonyl (C=O) groups is 1. The minimum atomic E-state index is -0.0262. The number of nitrogens with one attached hydrogen (secondary N) is 1. The molecule has 0 saturated carbocycles. The van der Waals surface area contributed by atoms with Crippen molar-refractivity contribution in [1.29, 1.82) is 0 Å². The molecule has 0 aliphatic carbocycles. The summed E-state index contributed by atoms with van der Waals surface area (Å²) in [6.45, 7) is 5.93. The van der Waals surface area contributed by atoms with E-state index in [9.17, 15) is 4.79 Å². The molecule has 1 N–H and O–H groups in total. The lowest BCUT2D eigenvalue weighted by molar-refractivity contribution is 0.0952. The topological polar surface area (TPSA) is 57.7 Å². The Morgan fingerprint density at radius 2 is 1.83 bits per heavy atom. The van der Waals surface area contributed by atoms with Crippen molar-refractivity contribution >= 4 is 33.3 Å². The van der Waals surface area contributed by atoms with Crippen LogP contribution in [0.5, 0.6) is 5.75 Å². The molecule has 0 atom stereocenters. The SMILES string of the molecule is COc1ccc(C(=O)NCCCCN2CCN(c3nsc4ccccc34)CC2)cc1. The highest BCUT2D eigenvalue weighted by molar-refractivity contribution is 7.13. The van der Waals surface area contributed by atoms with Crippen LogP contribution >= 0.6 is 11.5 Å². The number of hydrogen-bond donors (Lipinski definition) is 1. The Balaban J connectivity index is 1.14. The van der Waals surface area contributed by atoms with Crippen LogP contribution in [0.25, 0.3) is 10.1 Å². The summed E-state index contributed by atoms with van der Waals surface area (Å²) in [6.07, 6.45) is 2.07. The summed E-state index contributed by atoms with van der Waals surface area (Å²) in [4.78, 5) is 17.1. The van der Waals surface area contributed by atoms with Gasteiger partial charge < -0.3 is 15.0 Å². The number of aromatic nitrogens is 1. The van der Waals surface area contributed by atoms with Crippen LogP contribution in [-0.2, 0) is 0 Å². The van der Waals surface area contributed by atoms with Crippen LogP contribution in [0.2, 0.25) is 0 Å². The minimum Gasteiger partial charge on any atom is -0.497 e. The molecule has 2 aromatic carbocycles. The second-order valence-electron chi connectivity index (χ2n) is 7.52. The van der Waals surface area contributed by atoms with Crippen LogP contribution in [-0.4, -0.2) is 61.6 Å². The van der Waals surface area contributed by atoms with Crippen molar-refractivity contribution in [2.75, 3.05) is 51.3 Å². The van der Waals surface area contributed by atoms with Crippen LogP contribution in [0.4, 0.5) is 5.82 Å². The number of methoxy groups -OCH3 is 1. The molecule has 6 nitrogen and oxygen atoms in total. The molecule has 158 valence electrons. The van der Waals surface area contributed by atoms with Crippen molar-refractivity contribution in [2.45, 2.75) is 12.8 Å². The van der Waals surface area contributed by atoms with Gasteiger partial charge >= 0.3 is 0 Å². The Morgan fingerprint density at radius 1 is 1.07 bits per heavy atom. The molecule has 1 aromatic heterocycles. The van der Waals surface area contributed by atoms with Crippen molar-refractivity contribution < 1.29 is 9.53 Å². The molecular weight excluding hydrogens is 396 g/mol. The number of amides is 1. The molecule has 1 saturated heterocycles. The van der Waals surface area contributed by atoms with Gasteiger partial charge in [-0.15, -0.1) is 0 Å². The van der Waals surface area contributed by atoms with Gasteiger partial charge in [-0.2, -0.15) is 4.37 Å². The maximum absolute atomic E-state index is 12.2. The summed E-state index contributed by atoms with van der Waals surface area (Å²) in [5.74, 6) is 1.87. The first-order valence-electron chi connectivity index (χ1n) is 10.5. The minimum absolute atomic E-state index is 0.0262. The van der Waals surface area contributed by atoms with Gasteiger partial charge in [0.05, 0.1) is 11.8 Å². The van der Waals surface area contributed by atoms with Gasteiger partial charge in [0.2, 0.25) is 0 Å². The summed E-state index contributed by atoms with van der Waals surface area (Å²) in [6, 6.07) is 15.7. The molecule has 2 heterocycles. The van der Waals surface area contributed by atoms with Gasteiger partial charge in [-0.25, -0.2) is 0 Å². The van der Waals surface area contributed by atoms with Crippen molar-refractivity contribution in [2.24, 2.45) is 0 Å². The van der Waals surface area contributed by atoms with Gasteiger partial charge in [-0.1, -0.05) is 12.1 Å². The molecule has 0 spiro atoms. The van der Waals surface area contributed by atoms with Gasteiger partial charge in [0.1, 0.15) is 11.6 Å². The Hall–Kier alpha value is -2.64. The van der Waals surface area contributed by atoms with E-state index >= 15 is 0 Å². The van der Waals surface area contributed by atoms with E-state index in [0.29, 0.717) is 12.1 Å². The molecule has 4 rings (SSSR count). The fraction of sp³-hybridized carbons (Fsp3) is 0.391. The number of unbranched alkanes of at least 4 members (excludes halogenated alkanes) is 1. The molecular formula is C23H28N4O2S. The third-order valence-corrected chi connectivity index (χ3v) is 6.39. The Kier molecular flexibility index (Phi) is 6.81. The number of nitrogens with zero attached hydrogens (tertiary/aromatic N) is 3. The average Bonchev–Trinajstić information content (AvgIpc) is 3.23. The first-order valence-corrected chi connectivity index (χ1v) is 11.3. The first-order chi connectivity index (χ1) is 14.7. The largest absolute Gasteiger partial charge is 0.497 e. The zero-order valence-corrected chi connectivity index (χ0v) is 18.2. The molecule has 1 aliphatic heterocycles. The Labute approximate surface area is 181 Å². The lowest BCUT2D eigenvalue weighted by atomic mass is 10.2. The number of rotatable bonds is 8. The van der Waals surface area contributed by atoms with E-state index < -0.39 is 0 Å². The number of ether oxygens (including phenoxy) is 1. The smallest absolute Gasteiger partial charge is 0.251 e. The van der Waals surface area contributed by atoms with E-state index in [2.05, 4.69) is 43.8 Å². The molecule has 1 amide bonds. The number of piperazine rings is 1. The van der Waals surface area contributed by atoms with Crippen molar-refractivity contribution in [3.8, 4) is 5.75 Å². The summed E-state index contributed by atoms with van der Waals surface area (Å²) in [7, 11) is 1.62. The van der Waals surface area contributed by atoms with Gasteiger partial charge in [0.15, 0.2) is 0 Å². The molecule has 30 heavy (non-hydrogen) atoms. The van der Waals surface area contributed by atoms with E-state index in [1.54, 1.807) is 30.8 Å². The maximum atomic E-state index is 12.2. The molecule has 1 fully saturated rings. The average molecular weight is 425 g/mol. The molecule has 0 unspecified atom stereocenters. The number of anilines is 1. The highest BCUT2D eigenvalue weighted by Crippen LogP contribution is 2.29. The van der Waals surface area contributed by atoms with E-state index in [1.807, 2.05) is 12.1 Å². The predicted octanol–water partition coefficient (Wildman–Crippen LogP) is 3.64. The van der Waals surface area contributed by atoms with E-state index in [4.69, 9.17) is 4.74 Å². The molecule has 7 heteroatoms. The third-order valence-electron chi connectivity index (χ3n) is 5.57. The fourth-order valence-corrected chi connectivity index (χ4v) is 4.59. The first kappa shape index (κ1) is 20.6. The van der Waals surface area contributed by atoms with E-state index in [-0.39, 0.29) is 5.91 Å². The third kappa shape index (κ3) is 4.91. The van der Waals surface area contributed by atoms with Gasteiger partial charge in [0.25, 0.3) is 5.91 Å². The highest BCUT2D eigenvalue weighted by Gasteiger charge is 2.20. The fourth-order valence-electron chi connectivity index (χ4n) is 3.79. The van der Waals surface area contributed by atoms with E-state index in [1.165, 1.54) is 10.1 Å². The molecule has 3 aromatic rings. The molecule has 0 bridgehead atoms. The van der Waals surface area contributed by atoms with Gasteiger partial charge in [0, 0.05) is 43.7 Å². The standard InChI is InChI=1S/C23H28N4O2S/c1-29-19-10-8-18(9-11-19)23(28)24-12-4-5-13-26-14-16-27(17-15-26)22-20-6-2-3-7-21(20)30-25-22/h2-3,6-11H,4-5,12-17H2,1H3,(H,24,28). The van der Waals surface area contributed by atoms with Gasteiger partial charge in [-0.3, -0.25) is 9.69 Å². The van der Waals surface area contributed by atoms with Gasteiger partial charge in [-0.05, 0) is 67.3 Å². The quantitative estimate of drug-likeness (QED) is 0.560. The summed E-state index contributed by atoms with van der Waals surface area (Å²) in [5.41, 5.74) is 0.668. The number of hydrogen-bond acceptors (Lipinski definition) is 6. The summed E-state index contributed by atoms with van der Waals surface area (Å²) < 4.78 is 11.1. The lowest BCUT2D eigenvalue weighted by Gasteiger charge is -2.35. The summed E-state index contributed by atoms with van der Waals surface area (Å²) in [5, 5.41) is 4.27. The Morgan fingerprint density at radius 3 is 2.60 bits per heavy atom. The Bertz CT molecular complexity index is 965. The van der Waals surface area contributed by atoms with Crippen LogP contribution in [0.3, 0.4) is 0 Å². The normalized spacial score (nSPS) is 14.8. The van der Waals surface area contributed by atoms with Crippen molar-refractivity contribution in [3.05, 3.63) is 54.1 Å². The maximum Gasteiger partial charge on any atom is 0.251 e. The zero-order valence-electron chi connectivity index (χ0n) is 17.3. The molecule has 1 aliphatic rings. The monoisotopic (exact) mass is 424 g/mol. The highest BCUT2D eigenvalue weighted by atomic mass is 32.1.